The van der Waals surface area contributed by atoms with E-state index in [1.807, 2.05) is 13.8 Å². The molecule has 104 valence electrons. The van der Waals surface area contributed by atoms with Crippen molar-refractivity contribution < 1.29 is 14.6 Å². The van der Waals surface area contributed by atoms with Crippen molar-refractivity contribution in [3.8, 4) is 5.75 Å². The van der Waals surface area contributed by atoms with Gasteiger partial charge in [0.25, 0.3) is 0 Å². The topological polar surface area (TPSA) is 71.5 Å². The summed E-state index contributed by atoms with van der Waals surface area (Å²) in [5.74, 6) is 0.0558. The van der Waals surface area contributed by atoms with Crippen LogP contribution in [-0.2, 0) is 11.3 Å². The van der Waals surface area contributed by atoms with E-state index in [2.05, 4.69) is 10.3 Å². The second kappa shape index (κ2) is 5.17. The number of hydrogen-bond acceptors (Lipinski definition) is 4. The molecule has 1 saturated carbocycles. The average molecular weight is 264 g/mol. The maximum Gasteiger partial charge on any atom is 0.323 e. The number of carboxylic acid groups (broad SMARTS) is 1. The number of aryl methyl sites for hydroxylation is 1. The van der Waals surface area contributed by atoms with Crippen LogP contribution in [0, 0.1) is 13.8 Å². The molecule has 0 radical (unpaired) electrons. The van der Waals surface area contributed by atoms with Gasteiger partial charge in [0.15, 0.2) is 0 Å². The van der Waals surface area contributed by atoms with Gasteiger partial charge in [-0.25, -0.2) is 0 Å². The highest BCUT2D eigenvalue weighted by Gasteiger charge is 2.43. The van der Waals surface area contributed by atoms with Gasteiger partial charge in [0.1, 0.15) is 11.3 Å². The second-order valence-corrected chi connectivity index (χ2v) is 5.14. The molecule has 1 aromatic heterocycles. The Morgan fingerprint density at radius 3 is 2.68 bits per heavy atom. The van der Waals surface area contributed by atoms with Gasteiger partial charge in [0, 0.05) is 23.9 Å². The summed E-state index contributed by atoms with van der Waals surface area (Å²) in [7, 11) is 1.64. The first-order valence-electron chi connectivity index (χ1n) is 6.47. The Hall–Kier alpha value is -1.62. The average Bonchev–Trinajstić information content (AvgIpc) is 2.30. The molecule has 5 heteroatoms. The quantitative estimate of drug-likeness (QED) is 0.848. The molecule has 0 amide bonds. The molecule has 1 fully saturated rings. The molecule has 1 aliphatic rings. The Labute approximate surface area is 113 Å². The first-order chi connectivity index (χ1) is 9.00. The van der Waals surface area contributed by atoms with Crippen LogP contribution in [0.2, 0.25) is 0 Å². The van der Waals surface area contributed by atoms with Crippen molar-refractivity contribution in [2.75, 3.05) is 7.11 Å². The second-order valence-electron chi connectivity index (χ2n) is 5.14. The lowest BCUT2D eigenvalue weighted by Gasteiger charge is -2.38. The fourth-order valence-corrected chi connectivity index (χ4v) is 2.50. The summed E-state index contributed by atoms with van der Waals surface area (Å²) >= 11 is 0. The van der Waals surface area contributed by atoms with E-state index < -0.39 is 11.5 Å². The summed E-state index contributed by atoms with van der Waals surface area (Å²) < 4.78 is 5.35. The summed E-state index contributed by atoms with van der Waals surface area (Å²) in [6.45, 7) is 4.35. The van der Waals surface area contributed by atoms with Gasteiger partial charge in [-0.2, -0.15) is 0 Å². The van der Waals surface area contributed by atoms with Crippen LogP contribution < -0.4 is 10.1 Å². The van der Waals surface area contributed by atoms with Crippen LogP contribution in [-0.4, -0.2) is 28.7 Å². The van der Waals surface area contributed by atoms with Crippen LogP contribution in [0.1, 0.15) is 36.1 Å². The molecule has 2 rings (SSSR count). The molecule has 5 nitrogen and oxygen atoms in total. The van der Waals surface area contributed by atoms with E-state index in [1.165, 1.54) is 0 Å². The van der Waals surface area contributed by atoms with E-state index in [4.69, 9.17) is 4.74 Å². The van der Waals surface area contributed by atoms with Crippen molar-refractivity contribution >= 4 is 5.97 Å². The lowest BCUT2D eigenvalue weighted by atomic mass is 9.76. The molecule has 0 bridgehead atoms. The number of pyridine rings is 1. The zero-order valence-electron chi connectivity index (χ0n) is 11.6. The fourth-order valence-electron chi connectivity index (χ4n) is 2.50. The van der Waals surface area contributed by atoms with Crippen LogP contribution in [0.4, 0.5) is 0 Å². The van der Waals surface area contributed by atoms with Gasteiger partial charge in [-0.3, -0.25) is 15.1 Å². The monoisotopic (exact) mass is 264 g/mol. The van der Waals surface area contributed by atoms with Crippen LogP contribution in [0.5, 0.6) is 5.75 Å². The standard InChI is InChI=1S/C14H20N2O3/c1-9-7-15-11(10(2)12(9)19-3)8-16-14(13(17)18)5-4-6-14/h7,16H,4-6,8H2,1-3H3,(H,17,18). The molecule has 19 heavy (non-hydrogen) atoms. The van der Waals surface area contributed by atoms with E-state index >= 15 is 0 Å². The highest BCUT2D eigenvalue weighted by Crippen LogP contribution is 2.33. The first-order valence-corrected chi connectivity index (χ1v) is 6.47. The van der Waals surface area contributed by atoms with Gasteiger partial charge in [-0.1, -0.05) is 0 Å². The summed E-state index contributed by atoms with van der Waals surface area (Å²) in [5, 5.41) is 12.4. The van der Waals surface area contributed by atoms with Crippen molar-refractivity contribution in [3.05, 3.63) is 23.0 Å². The van der Waals surface area contributed by atoms with Crippen LogP contribution in [0.25, 0.3) is 0 Å². The summed E-state index contributed by atoms with van der Waals surface area (Å²) in [6.07, 6.45) is 4.09. The third kappa shape index (κ3) is 2.42. The Morgan fingerprint density at radius 1 is 1.53 bits per heavy atom. The molecule has 0 atom stereocenters. The fraction of sp³-hybridized carbons (Fsp3) is 0.571. The van der Waals surface area contributed by atoms with Gasteiger partial charge >= 0.3 is 5.97 Å². The predicted molar refractivity (Wildman–Crippen MR) is 71.3 cm³/mol. The lowest BCUT2D eigenvalue weighted by molar-refractivity contribution is -0.148. The minimum Gasteiger partial charge on any atom is -0.496 e. The van der Waals surface area contributed by atoms with Crippen molar-refractivity contribution in [2.45, 2.75) is 45.2 Å². The molecule has 1 aromatic rings. The predicted octanol–water partition coefficient (Wildman–Crippen LogP) is 1.80. The molecule has 0 spiro atoms. The Bertz CT molecular complexity index is 496. The summed E-state index contributed by atoms with van der Waals surface area (Å²) in [5.41, 5.74) is 2.04. The number of nitrogens with one attached hydrogen (secondary N) is 1. The number of nitrogens with zero attached hydrogens (tertiary/aromatic N) is 1. The third-order valence-corrected chi connectivity index (χ3v) is 3.96. The normalized spacial score (nSPS) is 16.8. The highest BCUT2D eigenvalue weighted by atomic mass is 16.5. The van der Waals surface area contributed by atoms with Gasteiger partial charge in [0.05, 0.1) is 12.8 Å². The van der Waals surface area contributed by atoms with E-state index in [-0.39, 0.29) is 0 Å². The van der Waals surface area contributed by atoms with E-state index in [0.29, 0.717) is 19.4 Å². The molecular weight excluding hydrogens is 244 g/mol. The molecule has 1 heterocycles. The number of ether oxygens (including phenoxy) is 1. The summed E-state index contributed by atoms with van der Waals surface area (Å²) in [6, 6.07) is 0. The number of carboxylic acids is 1. The summed E-state index contributed by atoms with van der Waals surface area (Å²) in [4.78, 5) is 15.7. The minimum absolute atomic E-state index is 0.453. The van der Waals surface area contributed by atoms with Crippen molar-refractivity contribution in [2.24, 2.45) is 0 Å². The SMILES string of the molecule is COc1c(C)cnc(CNC2(C(=O)O)CCC2)c1C. The Kier molecular flexibility index (Phi) is 3.75. The number of aromatic nitrogens is 1. The number of carbonyl (C=O) groups is 1. The lowest BCUT2D eigenvalue weighted by Crippen LogP contribution is -2.56. The van der Waals surface area contributed by atoms with E-state index in [9.17, 15) is 9.90 Å². The molecule has 1 aliphatic carbocycles. The maximum absolute atomic E-state index is 11.3. The number of methoxy groups -OCH3 is 1. The molecule has 0 unspecified atom stereocenters. The van der Waals surface area contributed by atoms with Crippen molar-refractivity contribution in [1.82, 2.24) is 10.3 Å². The first kappa shape index (κ1) is 13.8. The molecule has 0 saturated heterocycles. The van der Waals surface area contributed by atoms with Crippen LogP contribution in [0.3, 0.4) is 0 Å². The number of aliphatic carboxylic acids is 1. The smallest absolute Gasteiger partial charge is 0.323 e. The third-order valence-electron chi connectivity index (χ3n) is 3.96. The Balaban J connectivity index is 2.14. The van der Waals surface area contributed by atoms with Crippen molar-refractivity contribution in [1.29, 1.82) is 0 Å². The number of rotatable bonds is 5. The Morgan fingerprint density at radius 2 is 2.21 bits per heavy atom. The highest BCUT2D eigenvalue weighted by molar-refractivity contribution is 5.79. The largest absolute Gasteiger partial charge is 0.496 e. The van der Waals surface area contributed by atoms with Crippen LogP contribution in [0.15, 0.2) is 6.20 Å². The number of hydrogen-bond donors (Lipinski definition) is 2. The van der Waals surface area contributed by atoms with Gasteiger partial charge < -0.3 is 9.84 Å². The van der Waals surface area contributed by atoms with E-state index in [0.717, 1.165) is 29.0 Å². The zero-order valence-corrected chi connectivity index (χ0v) is 11.6. The van der Waals surface area contributed by atoms with Crippen molar-refractivity contribution in [3.63, 3.8) is 0 Å². The maximum atomic E-state index is 11.3. The molecule has 0 aromatic carbocycles. The van der Waals surface area contributed by atoms with Gasteiger partial charge in [0.2, 0.25) is 0 Å². The molecule has 0 aliphatic heterocycles. The van der Waals surface area contributed by atoms with Crippen LogP contribution >= 0.6 is 0 Å². The molecular formula is C14H20N2O3. The molecule has 2 N–H and O–H groups in total. The van der Waals surface area contributed by atoms with E-state index in [1.54, 1.807) is 13.3 Å². The van der Waals surface area contributed by atoms with Gasteiger partial charge in [-0.05, 0) is 33.1 Å². The zero-order chi connectivity index (χ0) is 14.0. The minimum atomic E-state index is -0.768. The van der Waals surface area contributed by atoms with Gasteiger partial charge in [-0.15, -0.1) is 0 Å².